The molecule has 30 heavy (non-hydrogen) atoms. The van der Waals surface area contributed by atoms with E-state index in [4.69, 9.17) is 23.2 Å². The molecule has 2 heterocycles. The molecule has 158 valence electrons. The van der Waals surface area contributed by atoms with Crippen molar-refractivity contribution in [3.8, 4) is 11.3 Å². The van der Waals surface area contributed by atoms with E-state index in [1.54, 1.807) is 18.2 Å². The first-order valence-corrected chi connectivity index (χ1v) is 12.7. The third-order valence-corrected chi connectivity index (χ3v) is 8.67. The molecule has 5 nitrogen and oxygen atoms in total. The maximum atomic E-state index is 13.6. The molecule has 1 aliphatic rings. The summed E-state index contributed by atoms with van der Waals surface area (Å²) >= 11 is 16.8. The van der Waals surface area contributed by atoms with E-state index in [1.807, 2.05) is 10.3 Å². The maximum Gasteiger partial charge on any atom is 0.244 e. The van der Waals surface area contributed by atoms with Gasteiger partial charge in [-0.25, -0.2) is 17.8 Å². The van der Waals surface area contributed by atoms with E-state index in [1.165, 1.54) is 33.8 Å². The molecule has 0 spiro atoms. The van der Waals surface area contributed by atoms with Gasteiger partial charge in [-0.15, -0.1) is 11.3 Å². The predicted molar refractivity (Wildman–Crippen MR) is 123 cm³/mol. The average Bonchev–Trinajstić information content (AvgIpc) is 3.17. The summed E-state index contributed by atoms with van der Waals surface area (Å²) in [4.78, 5) is 6.70. The first-order valence-electron chi connectivity index (χ1n) is 8.86. The number of benzene rings is 2. The molecule has 1 aliphatic heterocycles. The zero-order chi connectivity index (χ0) is 21.5. The number of aromatic nitrogens is 1. The van der Waals surface area contributed by atoms with E-state index in [2.05, 4.69) is 20.9 Å². The Kier molecular flexibility index (Phi) is 6.39. The van der Waals surface area contributed by atoms with Gasteiger partial charge in [0.15, 0.2) is 5.13 Å². The SMILES string of the molecule is O=S(=O)(c1ccc(Br)cc1Cl)N1CCN(c2nc(-c3cc(F)cc(Cl)c3)cs2)CC1. The number of thiazole rings is 1. The van der Waals surface area contributed by atoms with Gasteiger partial charge in [-0.2, -0.15) is 4.31 Å². The molecule has 0 radical (unpaired) electrons. The molecular formula is C19H15BrCl2FN3O2S2. The van der Waals surface area contributed by atoms with Gasteiger partial charge in [0.1, 0.15) is 10.7 Å². The Hall–Kier alpha value is -1.23. The molecule has 11 heteroatoms. The summed E-state index contributed by atoms with van der Waals surface area (Å²) in [7, 11) is -3.68. The molecule has 0 amide bonds. The second-order valence-corrected chi connectivity index (χ2v) is 11.1. The number of hydrogen-bond donors (Lipinski definition) is 0. The number of anilines is 1. The maximum absolute atomic E-state index is 13.6. The molecule has 0 N–H and O–H groups in total. The fraction of sp³-hybridized carbons (Fsp3) is 0.211. The summed E-state index contributed by atoms with van der Waals surface area (Å²) in [5, 5.41) is 3.09. The van der Waals surface area contributed by atoms with Crippen LogP contribution in [0, 0.1) is 5.82 Å². The number of rotatable bonds is 4. The third kappa shape index (κ3) is 4.51. The zero-order valence-electron chi connectivity index (χ0n) is 15.4. The molecule has 1 fully saturated rings. The van der Waals surface area contributed by atoms with Crippen molar-refractivity contribution < 1.29 is 12.8 Å². The zero-order valence-corrected chi connectivity index (χ0v) is 20.1. The number of halogens is 4. The van der Waals surface area contributed by atoms with Crippen LogP contribution in [0.1, 0.15) is 0 Å². The van der Waals surface area contributed by atoms with Crippen molar-refractivity contribution in [2.75, 3.05) is 31.1 Å². The van der Waals surface area contributed by atoms with E-state index < -0.39 is 15.8 Å². The van der Waals surface area contributed by atoms with Gasteiger partial charge in [-0.1, -0.05) is 39.1 Å². The first kappa shape index (κ1) is 22.0. The van der Waals surface area contributed by atoms with Crippen molar-refractivity contribution in [2.24, 2.45) is 0 Å². The molecule has 4 rings (SSSR count). The van der Waals surface area contributed by atoms with E-state index in [-0.39, 0.29) is 9.92 Å². The second-order valence-electron chi connectivity index (χ2n) is 6.64. The highest BCUT2D eigenvalue weighted by Gasteiger charge is 2.31. The lowest BCUT2D eigenvalue weighted by Crippen LogP contribution is -2.48. The lowest BCUT2D eigenvalue weighted by Gasteiger charge is -2.33. The van der Waals surface area contributed by atoms with Gasteiger partial charge in [-0.3, -0.25) is 0 Å². The molecule has 0 aliphatic carbocycles. The highest BCUT2D eigenvalue weighted by Crippen LogP contribution is 2.32. The fourth-order valence-corrected chi connectivity index (χ4v) is 6.73. The average molecular weight is 551 g/mol. The minimum atomic E-state index is -3.68. The standard InChI is InChI=1S/C19H15BrCl2FN3O2S2/c20-13-1-2-18(16(22)9-13)30(27,28)26-5-3-25(4-6-26)19-24-17(11-29-19)12-7-14(21)10-15(23)8-12/h1-2,7-11H,3-6H2. The van der Waals surface area contributed by atoms with E-state index in [0.717, 1.165) is 9.60 Å². The van der Waals surface area contributed by atoms with Gasteiger partial charge >= 0.3 is 0 Å². The van der Waals surface area contributed by atoms with Crippen molar-refractivity contribution in [3.05, 3.63) is 62.1 Å². The number of piperazine rings is 1. The van der Waals surface area contributed by atoms with Crippen LogP contribution < -0.4 is 4.90 Å². The Morgan fingerprint density at radius 2 is 1.80 bits per heavy atom. The normalized spacial score (nSPS) is 15.5. The molecule has 0 saturated carbocycles. The Labute approximate surface area is 196 Å². The van der Waals surface area contributed by atoms with Gasteiger partial charge in [0, 0.05) is 46.6 Å². The van der Waals surface area contributed by atoms with Crippen molar-refractivity contribution in [1.82, 2.24) is 9.29 Å². The fourth-order valence-electron chi connectivity index (χ4n) is 3.19. The molecule has 2 aromatic carbocycles. The third-order valence-electron chi connectivity index (χ3n) is 4.67. The van der Waals surface area contributed by atoms with Crippen LogP contribution >= 0.6 is 50.5 Å². The van der Waals surface area contributed by atoms with Gasteiger partial charge in [0.2, 0.25) is 10.0 Å². The lowest BCUT2D eigenvalue weighted by molar-refractivity contribution is 0.385. The molecule has 0 unspecified atom stereocenters. The molecular weight excluding hydrogens is 536 g/mol. The van der Waals surface area contributed by atoms with Crippen molar-refractivity contribution in [2.45, 2.75) is 4.90 Å². The molecule has 0 atom stereocenters. The monoisotopic (exact) mass is 549 g/mol. The summed E-state index contributed by atoms with van der Waals surface area (Å²) in [6.45, 7) is 1.61. The van der Waals surface area contributed by atoms with E-state index in [0.29, 0.717) is 42.5 Å². The Balaban J connectivity index is 1.48. The molecule has 0 bridgehead atoms. The Bertz CT molecular complexity index is 1180. The highest BCUT2D eigenvalue weighted by molar-refractivity contribution is 9.10. The number of nitrogens with zero attached hydrogens (tertiary/aromatic N) is 3. The largest absolute Gasteiger partial charge is 0.345 e. The van der Waals surface area contributed by atoms with Crippen LogP contribution in [0.3, 0.4) is 0 Å². The summed E-state index contributed by atoms with van der Waals surface area (Å²) < 4.78 is 41.7. The van der Waals surface area contributed by atoms with Crippen LogP contribution in [0.2, 0.25) is 10.0 Å². The smallest absolute Gasteiger partial charge is 0.244 e. The Morgan fingerprint density at radius 3 is 2.47 bits per heavy atom. The molecule has 1 saturated heterocycles. The van der Waals surface area contributed by atoms with E-state index >= 15 is 0 Å². The summed E-state index contributed by atoms with van der Waals surface area (Å²) in [5.41, 5.74) is 1.24. The van der Waals surface area contributed by atoms with Crippen molar-refractivity contribution >= 4 is 65.6 Å². The first-order chi connectivity index (χ1) is 14.2. The number of sulfonamides is 1. The van der Waals surface area contributed by atoms with Crippen LogP contribution in [-0.2, 0) is 10.0 Å². The van der Waals surface area contributed by atoms with Crippen LogP contribution in [0.25, 0.3) is 11.3 Å². The van der Waals surface area contributed by atoms with Gasteiger partial charge < -0.3 is 4.90 Å². The summed E-state index contributed by atoms with van der Waals surface area (Å²) in [6, 6.07) is 9.03. The van der Waals surface area contributed by atoms with Crippen LogP contribution in [0.5, 0.6) is 0 Å². The van der Waals surface area contributed by atoms with Gasteiger partial charge in [0.25, 0.3) is 0 Å². The minimum absolute atomic E-state index is 0.0975. The van der Waals surface area contributed by atoms with Crippen LogP contribution in [-0.4, -0.2) is 43.9 Å². The van der Waals surface area contributed by atoms with Crippen LogP contribution in [0.15, 0.2) is 51.1 Å². The van der Waals surface area contributed by atoms with Crippen molar-refractivity contribution in [1.29, 1.82) is 0 Å². The lowest BCUT2D eigenvalue weighted by atomic mass is 10.2. The van der Waals surface area contributed by atoms with Crippen LogP contribution in [0.4, 0.5) is 9.52 Å². The molecule has 1 aromatic heterocycles. The molecule has 3 aromatic rings. The highest BCUT2D eigenvalue weighted by atomic mass is 79.9. The summed E-state index contributed by atoms with van der Waals surface area (Å²) in [5.74, 6) is -0.419. The van der Waals surface area contributed by atoms with E-state index in [9.17, 15) is 12.8 Å². The Morgan fingerprint density at radius 1 is 1.07 bits per heavy atom. The van der Waals surface area contributed by atoms with Gasteiger partial charge in [-0.05, 0) is 36.4 Å². The topological polar surface area (TPSA) is 53.5 Å². The van der Waals surface area contributed by atoms with Gasteiger partial charge in [0.05, 0.1) is 10.7 Å². The number of hydrogen-bond acceptors (Lipinski definition) is 5. The second kappa shape index (κ2) is 8.72. The minimum Gasteiger partial charge on any atom is -0.345 e. The van der Waals surface area contributed by atoms with Crippen molar-refractivity contribution in [3.63, 3.8) is 0 Å². The summed E-state index contributed by atoms with van der Waals surface area (Å²) in [6.07, 6.45) is 0. The predicted octanol–water partition coefficient (Wildman–Crippen LogP) is 5.53. The quantitative estimate of drug-likeness (QED) is 0.428.